The van der Waals surface area contributed by atoms with Gasteiger partial charge in [-0.2, -0.15) is 0 Å². The first kappa shape index (κ1) is 15.5. The Morgan fingerprint density at radius 3 is 2.68 bits per heavy atom. The molecule has 0 radical (unpaired) electrons. The summed E-state index contributed by atoms with van der Waals surface area (Å²) in [6.07, 6.45) is 2.38. The minimum atomic E-state index is -0.483. The standard InChI is InChI=1S/C16H18N4O2/c1-11-10-13(5-6-14(11)15(17)21)20-16(22)19-9-7-12-4-2-3-8-18-12/h2-6,8,10H,7,9H2,1H3,(H2,17,21)(H2,19,20,22). The molecule has 2 rings (SSSR count). The molecule has 0 bridgehead atoms. The summed E-state index contributed by atoms with van der Waals surface area (Å²) in [5, 5.41) is 5.47. The number of hydrogen-bond acceptors (Lipinski definition) is 3. The Bertz CT molecular complexity index is 671. The van der Waals surface area contributed by atoms with Crippen molar-refractivity contribution < 1.29 is 9.59 Å². The van der Waals surface area contributed by atoms with Crippen molar-refractivity contribution in [1.82, 2.24) is 10.3 Å². The molecule has 0 fully saturated rings. The second kappa shape index (κ2) is 7.21. The van der Waals surface area contributed by atoms with E-state index in [0.717, 1.165) is 11.3 Å². The number of primary amides is 1. The van der Waals surface area contributed by atoms with Gasteiger partial charge in [0.2, 0.25) is 5.91 Å². The predicted octanol–water partition coefficient (Wildman–Crippen LogP) is 1.85. The van der Waals surface area contributed by atoms with Gasteiger partial charge in [0.1, 0.15) is 0 Å². The molecule has 0 aliphatic rings. The zero-order chi connectivity index (χ0) is 15.9. The minimum Gasteiger partial charge on any atom is -0.366 e. The second-order valence-electron chi connectivity index (χ2n) is 4.85. The van der Waals surface area contributed by atoms with Crippen LogP contribution in [0.1, 0.15) is 21.6 Å². The molecular weight excluding hydrogens is 280 g/mol. The summed E-state index contributed by atoms with van der Waals surface area (Å²) >= 11 is 0. The van der Waals surface area contributed by atoms with Gasteiger partial charge in [-0.25, -0.2) is 4.79 Å². The average Bonchev–Trinajstić information content (AvgIpc) is 2.48. The Morgan fingerprint density at radius 2 is 2.05 bits per heavy atom. The third-order valence-corrected chi connectivity index (χ3v) is 3.14. The second-order valence-corrected chi connectivity index (χ2v) is 4.85. The number of benzene rings is 1. The van der Waals surface area contributed by atoms with Gasteiger partial charge in [-0.1, -0.05) is 6.07 Å². The van der Waals surface area contributed by atoms with Gasteiger partial charge in [-0.05, 0) is 42.8 Å². The molecule has 114 valence electrons. The molecule has 0 aliphatic carbocycles. The van der Waals surface area contributed by atoms with Crippen molar-refractivity contribution in [3.05, 3.63) is 59.4 Å². The van der Waals surface area contributed by atoms with Gasteiger partial charge in [0, 0.05) is 36.1 Å². The highest BCUT2D eigenvalue weighted by molar-refractivity contribution is 5.95. The van der Waals surface area contributed by atoms with Gasteiger partial charge < -0.3 is 16.4 Å². The lowest BCUT2D eigenvalue weighted by Crippen LogP contribution is -2.30. The van der Waals surface area contributed by atoms with Crippen LogP contribution >= 0.6 is 0 Å². The molecule has 0 saturated carbocycles. The molecule has 6 heteroatoms. The third kappa shape index (κ3) is 4.31. The van der Waals surface area contributed by atoms with Crippen LogP contribution in [0.4, 0.5) is 10.5 Å². The molecular formula is C16H18N4O2. The fourth-order valence-corrected chi connectivity index (χ4v) is 2.04. The predicted molar refractivity (Wildman–Crippen MR) is 84.7 cm³/mol. The highest BCUT2D eigenvalue weighted by Gasteiger charge is 2.07. The van der Waals surface area contributed by atoms with Crippen LogP contribution in [0.25, 0.3) is 0 Å². The maximum atomic E-state index is 11.8. The summed E-state index contributed by atoms with van der Waals surface area (Å²) in [5.41, 5.74) is 7.94. The van der Waals surface area contributed by atoms with Crippen LogP contribution in [0.15, 0.2) is 42.6 Å². The largest absolute Gasteiger partial charge is 0.366 e. The Hall–Kier alpha value is -2.89. The number of pyridine rings is 1. The average molecular weight is 298 g/mol. The Kier molecular flexibility index (Phi) is 5.08. The van der Waals surface area contributed by atoms with Crippen LogP contribution in [0, 0.1) is 6.92 Å². The number of hydrogen-bond donors (Lipinski definition) is 3. The number of carbonyl (C=O) groups is 2. The molecule has 4 N–H and O–H groups in total. The molecule has 22 heavy (non-hydrogen) atoms. The topological polar surface area (TPSA) is 97.1 Å². The van der Waals surface area contributed by atoms with E-state index in [-0.39, 0.29) is 6.03 Å². The van der Waals surface area contributed by atoms with E-state index in [1.807, 2.05) is 18.2 Å². The number of nitrogens with zero attached hydrogens (tertiary/aromatic N) is 1. The Morgan fingerprint density at radius 1 is 1.23 bits per heavy atom. The van der Waals surface area contributed by atoms with Crippen LogP contribution in [0.5, 0.6) is 0 Å². The van der Waals surface area contributed by atoms with Crippen molar-refractivity contribution in [3.63, 3.8) is 0 Å². The molecule has 3 amide bonds. The van der Waals surface area contributed by atoms with Crippen molar-refractivity contribution in [2.75, 3.05) is 11.9 Å². The number of urea groups is 1. The number of aromatic nitrogens is 1. The van der Waals surface area contributed by atoms with E-state index < -0.39 is 5.91 Å². The smallest absolute Gasteiger partial charge is 0.319 e. The van der Waals surface area contributed by atoms with Crippen LogP contribution in [0.2, 0.25) is 0 Å². The normalized spacial score (nSPS) is 10.0. The monoisotopic (exact) mass is 298 g/mol. The summed E-state index contributed by atoms with van der Waals surface area (Å²) < 4.78 is 0. The van der Waals surface area contributed by atoms with Gasteiger partial charge >= 0.3 is 6.03 Å². The molecule has 0 saturated heterocycles. The van der Waals surface area contributed by atoms with Crippen LogP contribution < -0.4 is 16.4 Å². The highest BCUT2D eigenvalue weighted by atomic mass is 16.2. The molecule has 1 aromatic heterocycles. The number of anilines is 1. The first-order valence-electron chi connectivity index (χ1n) is 6.91. The van der Waals surface area contributed by atoms with Crippen molar-refractivity contribution >= 4 is 17.6 Å². The van der Waals surface area contributed by atoms with Crippen molar-refractivity contribution in [1.29, 1.82) is 0 Å². The van der Waals surface area contributed by atoms with Crippen molar-refractivity contribution in [2.45, 2.75) is 13.3 Å². The molecule has 1 aromatic carbocycles. The minimum absolute atomic E-state index is 0.304. The summed E-state index contributed by atoms with van der Waals surface area (Å²) in [6, 6.07) is 10.3. The summed E-state index contributed by atoms with van der Waals surface area (Å²) in [7, 11) is 0. The van der Waals surface area contributed by atoms with Crippen LogP contribution in [-0.4, -0.2) is 23.5 Å². The SMILES string of the molecule is Cc1cc(NC(=O)NCCc2ccccn2)ccc1C(N)=O. The summed E-state index contributed by atoms with van der Waals surface area (Å²) in [4.78, 5) is 27.1. The van der Waals surface area contributed by atoms with E-state index in [0.29, 0.717) is 24.2 Å². The molecule has 0 atom stereocenters. The number of rotatable bonds is 5. The number of nitrogens with two attached hydrogens (primary N) is 1. The van der Waals surface area contributed by atoms with Gasteiger partial charge in [-0.15, -0.1) is 0 Å². The first-order valence-corrected chi connectivity index (χ1v) is 6.91. The number of nitrogens with one attached hydrogen (secondary N) is 2. The van der Waals surface area contributed by atoms with E-state index in [1.165, 1.54) is 0 Å². The molecule has 6 nitrogen and oxygen atoms in total. The third-order valence-electron chi connectivity index (χ3n) is 3.14. The van der Waals surface area contributed by atoms with Gasteiger partial charge in [0.15, 0.2) is 0 Å². The molecule has 0 unspecified atom stereocenters. The molecule has 2 aromatic rings. The maximum absolute atomic E-state index is 11.8. The van der Waals surface area contributed by atoms with Crippen LogP contribution in [0.3, 0.4) is 0 Å². The zero-order valence-electron chi connectivity index (χ0n) is 12.3. The number of amides is 3. The molecule has 1 heterocycles. The lowest BCUT2D eigenvalue weighted by atomic mass is 10.1. The lowest BCUT2D eigenvalue weighted by molar-refractivity contribution is 0.0999. The quantitative estimate of drug-likeness (QED) is 0.785. The fourth-order valence-electron chi connectivity index (χ4n) is 2.04. The van der Waals surface area contributed by atoms with Crippen molar-refractivity contribution in [2.24, 2.45) is 5.73 Å². The van der Waals surface area contributed by atoms with Gasteiger partial charge in [0.05, 0.1) is 0 Å². The Labute approximate surface area is 128 Å². The summed E-state index contributed by atoms with van der Waals surface area (Å²) in [6.45, 7) is 2.26. The zero-order valence-corrected chi connectivity index (χ0v) is 12.3. The lowest BCUT2D eigenvalue weighted by Gasteiger charge is -2.09. The van der Waals surface area contributed by atoms with Crippen molar-refractivity contribution in [3.8, 4) is 0 Å². The van der Waals surface area contributed by atoms with E-state index in [1.54, 1.807) is 31.3 Å². The van der Waals surface area contributed by atoms with Gasteiger partial charge in [0.25, 0.3) is 0 Å². The summed E-state index contributed by atoms with van der Waals surface area (Å²) in [5.74, 6) is -0.483. The molecule has 0 spiro atoms. The maximum Gasteiger partial charge on any atom is 0.319 e. The van der Waals surface area contributed by atoms with E-state index in [4.69, 9.17) is 5.73 Å². The fraction of sp³-hybridized carbons (Fsp3) is 0.188. The Balaban J connectivity index is 1.84. The van der Waals surface area contributed by atoms with Gasteiger partial charge in [-0.3, -0.25) is 9.78 Å². The van der Waals surface area contributed by atoms with E-state index in [9.17, 15) is 9.59 Å². The van der Waals surface area contributed by atoms with E-state index in [2.05, 4.69) is 15.6 Å². The number of aryl methyl sites for hydroxylation is 1. The van der Waals surface area contributed by atoms with E-state index >= 15 is 0 Å². The number of carbonyl (C=O) groups excluding carboxylic acids is 2. The first-order chi connectivity index (χ1) is 10.6. The molecule has 0 aliphatic heterocycles. The van der Waals surface area contributed by atoms with Crippen LogP contribution in [-0.2, 0) is 6.42 Å². The highest BCUT2D eigenvalue weighted by Crippen LogP contribution is 2.14.